The standard InChI is InChI=1S/C16H15N3O/c1-2-11-6-5-7-12(10-11)20-15-13-8-3-4-9-14(13)18-16(17)19-15/h3-10H,2H2,1H3,(H2,17,18,19). The fourth-order valence-corrected chi connectivity index (χ4v) is 2.08. The zero-order chi connectivity index (χ0) is 13.9. The Morgan fingerprint density at radius 3 is 2.75 bits per heavy atom. The summed E-state index contributed by atoms with van der Waals surface area (Å²) in [6, 6.07) is 15.6. The molecule has 0 aliphatic rings. The number of aryl methyl sites for hydroxylation is 1. The number of para-hydroxylation sites is 1. The summed E-state index contributed by atoms with van der Waals surface area (Å²) in [5.41, 5.74) is 7.73. The van der Waals surface area contributed by atoms with Gasteiger partial charge in [-0.2, -0.15) is 4.98 Å². The van der Waals surface area contributed by atoms with Crippen LogP contribution in [0.4, 0.5) is 5.95 Å². The SMILES string of the molecule is CCc1cccc(Oc2nc(N)nc3ccccc23)c1. The van der Waals surface area contributed by atoms with Crippen LogP contribution in [0.5, 0.6) is 11.6 Å². The number of nitrogen functional groups attached to an aromatic ring is 1. The number of nitrogens with zero attached hydrogens (tertiary/aromatic N) is 2. The molecule has 0 unspecified atom stereocenters. The molecule has 0 saturated carbocycles. The number of aromatic nitrogens is 2. The summed E-state index contributed by atoms with van der Waals surface area (Å²) >= 11 is 0. The number of anilines is 1. The van der Waals surface area contributed by atoms with Crippen molar-refractivity contribution in [3.8, 4) is 11.6 Å². The van der Waals surface area contributed by atoms with Gasteiger partial charge >= 0.3 is 0 Å². The van der Waals surface area contributed by atoms with Crippen LogP contribution in [0.25, 0.3) is 10.9 Å². The van der Waals surface area contributed by atoms with Crippen LogP contribution >= 0.6 is 0 Å². The van der Waals surface area contributed by atoms with E-state index in [9.17, 15) is 0 Å². The summed E-state index contributed by atoms with van der Waals surface area (Å²) in [5.74, 6) is 1.46. The Hall–Kier alpha value is -2.62. The summed E-state index contributed by atoms with van der Waals surface area (Å²) in [6.45, 7) is 2.11. The van der Waals surface area contributed by atoms with E-state index < -0.39 is 0 Å². The fourth-order valence-electron chi connectivity index (χ4n) is 2.08. The average molecular weight is 265 g/mol. The first kappa shape index (κ1) is 12.4. The summed E-state index contributed by atoms with van der Waals surface area (Å²) in [6.07, 6.45) is 0.962. The average Bonchev–Trinajstić information content (AvgIpc) is 2.47. The minimum absolute atomic E-state index is 0.213. The number of nitrogens with two attached hydrogens (primary N) is 1. The first-order valence-electron chi connectivity index (χ1n) is 6.55. The van der Waals surface area contributed by atoms with Gasteiger partial charge in [-0.25, -0.2) is 4.98 Å². The Morgan fingerprint density at radius 2 is 1.90 bits per heavy atom. The smallest absolute Gasteiger partial charge is 0.231 e. The van der Waals surface area contributed by atoms with Crippen LogP contribution in [-0.4, -0.2) is 9.97 Å². The third kappa shape index (κ3) is 2.40. The predicted molar refractivity (Wildman–Crippen MR) is 79.8 cm³/mol. The van der Waals surface area contributed by atoms with E-state index >= 15 is 0 Å². The zero-order valence-electron chi connectivity index (χ0n) is 11.2. The maximum Gasteiger partial charge on any atom is 0.231 e. The number of hydrogen-bond donors (Lipinski definition) is 1. The molecular formula is C16H15N3O. The summed E-state index contributed by atoms with van der Waals surface area (Å²) in [4.78, 5) is 8.39. The molecule has 1 aromatic heterocycles. The first-order chi connectivity index (χ1) is 9.76. The van der Waals surface area contributed by atoms with E-state index in [1.807, 2.05) is 42.5 Å². The van der Waals surface area contributed by atoms with E-state index in [4.69, 9.17) is 10.5 Å². The fraction of sp³-hybridized carbons (Fsp3) is 0.125. The van der Waals surface area contributed by atoms with Crippen molar-refractivity contribution in [3.05, 3.63) is 54.1 Å². The highest BCUT2D eigenvalue weighted by molar-refractivity contribution is 5.84. The lowest BCUT2D eigenvalue weighted by Gasteiger charge is -2.09. The monoisotopic (exact) mass is 265 g/mol. The van der Waals surface area contributed by atoms with E-state index in [1.54, 1.807) is 0 Å². The van der Waals surface area contributed by atoms with Crippen molar-refractivity contribution in [2.75, 3.05) is 5.73 Å². The van der Waals surface area contributed by atoms with Crippen LogP contribution in [0.2, 0.25) is 0 Å². The van der Waals surface area contributed by atoms with Crippen molar-refractivity contribution < 1.29 is 4.74 Å². The molecule has 4 nitrogen and oxygen atoms in total. The van der Waals surface area contributed by atoms with Crippen LogP contribution in [0, 0.1) is 0 Å². The van der Waals surface area contributed by atoms with E-state index in [2.05, 4.69) is 23.0 Å². The minimum Gasteiger partial charge on any atom is -0.438 e. The second-order valence-corrected chi connectivity index (χ2v) is 4.51. The van der Waals surface area contributed by atoms with Crippen LogP contribution in [0.15, 0.2) is 48.5 Å². The summed E-state index contributed by atoms with van der Waals surface area (Å²) < 4.78 is 5.88. The molecule has 0 fully saturated rings. The van der Waals surface area contributed by atoms with Crippen molar-refractivity contribution in [2.24, 2.45) is 0 Å². The van der Waals surface area contributed by atoms with Crippen molar-refractivity contribution in [1.29, 1.82) is 0 Å². The normalized spacial score (nSPS) is 10.7. The molecule has 20 heavy (non-hydrogen) atoms. The lowest BCUT2D eigenvalue weighted by molar-refractivity contribution is 0.468. The largest absolute Gasteiger partial charge is 0.438 e. The highest BCUT2D eigenvalue weighted by Gasteiger charge is 2.08. The highest BCUT2D eigenvalue weighted by Crippen LogP contribution is 2.28. The molecule has 3 aromatic rings. The lowest BCUT2D eigenvalue weighted by atomic mass is 10.2. The second kappa shape index (κ2) is 5.17. The topological polar surface area (TPSA) is 61.0 Å². The van der Waals surface area contributed by atoms with Crippen molar-refractivity contribution in [3.63, 3.8) is 0 Å². The van der Waals surface area contributed by atoms with Gasteiger partial charge in [-0.1, -0.05) is 31.2 Å². The molecule has 2 aromatic carbocycles. The van der Waals surface area contributed by atoms with Gasteiger partial charge in [0.15, 0.2) is 0 Å². The first-order valence-corrected chi connectivity index (χ1v) is 6.55. The zero-order valence-corrected chi connectivity index (χ0v) is 11.2. The van der Waals surface area contributed by atoms with Crippen LogP contribution in [0.1, 0.15) is 12.5 Å². The van der Waals surface area contributed by atoms with Gasteiger partial charge in [0.25, 0.3) is 0 Å². The van der Waals surface area contributed by atoms with E-state index in [0.29, 0.717) is 5.88 Å². The summed E-state index contributed by atoms with van der Waals surface area (Å²) in [5, 5.41) is 0.851. The third-order valence-electron chi connectivity index (χ3n) is 3.11. The van der Waals surface area contributed by atoms with Crippen LogP contribution in [-0.2, 0) is 6.42 Å². The van der Waals surface area contributed by atoms with Crippen molar-refractivity contribution >= 4 is 16.9 Å². The molecule has 0 atom stereocenters. The van der Waals surface area contributed by atoms with Gasteiger partial charge in [-0.3, -0.25) is 0 Å². The third-order valence-corrected chi connectivity index (χ3v) is 3.11. The van der Waals surface area contributed by atoms with Crippen LogP contribution < -0.4 is 10.5 Å². The number of ether oxygens (including phenoxy) is 1. The van der Waals surface area contributed by atoms with Gasteiger partial charge in [-0.15, -0.1) is 0 Å². The van der Waals surface area contributed by atoms with Gasteiger partial charge in [0.1, 0.15) is 5.75 Å². The molecule has 0 bridgehead atoms. The highest BCUT2D eigenvalue weighted by atomic mass is 16.5. The molecule has 0 aliphatic carbocycles. The molecule has 0 amide bonds. The Balaban J connectivity index is 2.05. The maximum atomic E-state index is 5.88. The Kier molecular flexibility index (Phi) is 3.21. The van der Waals surface area contributed by atoms with Crippen molar-refractivity contribution in [2.45, 2.75) is 13.3 Å². The number of rotatable bonds is 3. The van der Waals surface area contributed by atoms with Gasteiger partial charge in [0, 0.05) is 0 Å². The molecular weight excluding hydrogens is 250 g/mol. The van der Waals surface area contributed by atoms with E-state index in [-0.39, 0.29) is 5.95 Å². The second-order valence-electron chi connectivity index (χ2n) is 4.51. The Morgan fingerprint density at radius 1 is 1.05 bits per heavy atom. The molecule has 2 N–H and O–H groups in total. The Bertz CT molecular complexity index is 756. The van der Waals surface area contributed by atoms with Gasteiger partial charge < -0.3 is 10.5 Å². The molecule has 0 spiro atoms. The van der Waals surface area contributed by atoms with Crippen molar-refractivity contribution in [1.82, 2.24) is 9.97 Å². The molecule has 0 aliphatic heterocycles. The van der Waals surface area contributed by atoms with E-state index in [1.165, 1.54) is 5.56 Å². The molecule has 3 rings (SSSR count). The van der Waals surface area contributed by atoms with Crippen LogP contribution in [0.3, 0.4) is 0 Å². The summed E-state index contributed by atoms with van der Waals surface area (Å²) in [7, 11) is 0. The number of hydrogen-bond acceptors (Lipinski definition) is 4. The Labute approximate surface area is 117 Å². The minimum atomic E-state index is 0.213. The number of fused-ring (bicyclic) bond motifs is 1. The molecule has 4 heteroatoms. The lowest BCUT2D eigenvalue weighted by Crippen LogP contribution is -1.98. The van der Waals surface area contributed by atoms with E-state index in [0.717, 1.165) is 23.1 Å². The van der Waals surface area contributed by atoms with Gasteiger partial charge in [0.05, 0.1) is 10.9 Å². The predicted octanol–water partition coefficient (Wildman–Crippen LogP) is 3.57. The number of benzene rings is 2. The molecule has 0 saturated heterocycles. The molecule has 0 radical (unpaired) electrons. The maximum absolute atomic E-state index is 5.88. The quantitative estimate of drug-likeness (QED) is 0.786. The molecule has 1 heterocycles. The van der Waals surface area contributed by atoms with Gasteiger partial charge in [-0.05, 0) is 36.2 Å². The van der Waals surface area contributed by atoms with Gasteiger partial charge in [0.2, 0.25) is 11.8 Å². The molecule has 100 valence electrons.